The third kappa shape index (κ3) is 3.13. The van der Waals surface area contributed by atoms with E-state index in [0.29, 0.717) is 17.0 Å². The molecule has 0 saturated heterocycles. The Hall–Kier alpha value is -1.96. The summed E-state index contributed by atoms with van der Waals surface area (Å²) in [6.07, 6.45) is -5.55. The van der Waals surface area contributed by atoms with Crippen LogP contribution in [0.5, 0.6) is 5.75 Å². The molecule has 20 heavy (non-hydrogen) atoms. The zero-order valence-corrected chi connectivity index (χ0v) is 11.0. The first-order chi connectivity index (χ1) is 9.30. The number of anilines is 1. The Bertz CT molecular complexity index is 627. The van der Waals surface area contributed by atoms with Gasteiger partial charge in [-0.3, -0.25) is 5.10 Å². The Balaban J connectivity index is 2.39. The van der Waals surface area contributed by atoms with Crippen molar-refractivity contribution in [1.82, 2.24) is 15.2 Å². The van der Waals surface area contributed by atoms with E-state index >= 15 is 0 Å². The molecule has 0 bridgehead atoms. The average Bonchev–Trinajstić information content (AvgIpc) is 2.78. The minimum absolute atomic E-state index is 0.0583. The van der Waals surface area contributed by atoms with Crippen LogP contribution < -0.4 is 10.5 Å². The van der Waals surface area contributed by atoms with Gasteiger partial charge in [0, 0.05) is 6.07 Å². The summed E-state index contributed by atoms with van der Waals surface area (Å²) in [4.78, 5) is 3.78. The van der Waals surface area contributed by atoms with Crippen molar-refractivity contribution in [2.45, 2.75) is 12.6 Å². The van der Waals surface area contributed by atoms with Crippen LogP contribution in [0, 0.1) is 0 Å². The highest BCUT2D eigenvalue weighted by atomic mass is 35.5. The van der Waals surface area contributed by atoms with Crippen LogP contribution in [0.4, 0.5) is 18.9 Å². The molecule has 0 aliphatic heterocycles. The number of halogens is 4. The highest BCUT2D eigenvalue weighted by Gasteiger charge is 2.30. The highest BCUT2D eigenvalue weighted by molar-refractivity contribution is 6.33. The molecule has 0 radical (unpaired) electrons. The van der Waals surface area contributed by atoms with Gasteiger partial charge in [-0.15, -0.1) is 0 Å². The minimum atomic E-state index is -4.36. The Labute approximate surface area is 116 Å². The Morgan fingerprint density at radius 1 is 1.40 bits per heavy atom. The molecule has 5 nitrogen and oxygen atoms in total. The molecule has 0 unspecified atom stereocenters. The molecule has 0 aliphatic carbocycles. The molecule has 0 fully saturated rings. The zero-order chi connectivity index (χ0) is 14.9. The first kappa shape index (κ1) is 14.4. The number of nitrogen functional groups attached to an aromatic ring is 1. The van der Waals surface area contributed by atoms with E-state index in [1.165, 1.54) is 19.2 Å². The van der Waals surface area contributed by atoms with Crippen LogP contribution in [0.1, 0.15) is 5.82 Å². The molecule has 0 saturated carbocycles. The van der Waals surface area contributed by atoms with Gasteiger partial charge in [0.15, 0.2) is 5.82 Å². The molecule has 0 atom stereocenters. The summed E-state index contributed by atoms with van der Waals surface area (Å²) < 4.78 is 41.9. The van der Waals surface area contributed by atoms with E-state index in [4.69, 9.17) is 22.1 Å². The van der Waals surface area contributed by atoms with E-state index in [9.17, 15) is 13.2 Å². The van der Waals surface area contributed by atoms with Crippen molar-refractivity contribution in [1.29, 1.82) is 0 Å². The molecule has 3 N–H and O–H groups in total. The summed E-state index contributed by atoms with van der Waals surface area (Å²) >= 11 is 5.88. The number of nitrogens with two attached hydrogens (primary N) is 1. The predicted molar refractivity (Wildman–Crippen MR) is 67.6 cm³/mol. The molecule has 108 valence electrons. The summed E-state index contributed by atoms with van der Waals surface area (Å²) in [6.45, 7) is 0. The summed E-state index contributed by atoms with van der Waals surface area (Å²) in [6, 6.07) is 2.90. The molecule has 0 amide bonds. The molecule has 1 heterocycles. The average molecular weight is 307 g/mol. The minimum Gasteiger partial charge on any atom is -0.496 e. The lowest BCUT2D eigenvalue weighted by molar-refractivity contribution is -0.128. The smallest absolute Gasteiger partial charge is 0.396 e. The van der Waals surface area contributed by atoms with Gasteiger partial charge in [-0.1, -0.05) is 11.6 Å². The Morgan fingerprint density at radius 3 is 2.70 bits per heavy atom. The first-order valence-corrected chi connectivity index (χ1v) is 5.79. The molecule has 1 aromatic heterocycles. The highest BCUT2D eigenvalue weighted by Crippen LogP contribution is 2.34. The Kier molecular flexibility index (Phi) is 3.76. The molecule has 2 aromatic rings. The molecule has 0 spiro atoms. The van der Waals surface area contributed by atoms with Crippen molar-refractivity contribution in [3.63, 3.8) is 0 Å². The number of nitrogens with zero attached hydrogens (tertiary/aromatic N) is 2. The normalized spacial score (nSPS) is 11.7. The van der Waals surface area contributed by atoms with E-state index in [1.54, 1.807) is 0 Å². The first-order valence-electron chi connectivity index (χ1n) is 5.41. The van der Waals surface area contributed by atoms with Crippen molar-refractivity contribution < 1.29 is 17.9 Å². The van der Waals surface area contributed by atoms with Gasteiger partial charge < -0.3 is 10.5 Å². The van der Waals surface area contributed by atoms with Gasteiger partial charge in [-0.25, -0.2) is 4.98 Å². The largest absolute Gasteiger partial charge is 0.496 e. The van der Waals surface area contributed by atoms with Crippen LogP contribution >= 0.6 is 11.6 Å². The SMILES string of the molecule is COc1cc(N)c(Cl)cc1-c1n[nH]c(CC(F)(F)F)n1. The summed E-state index contributed by atoms with van der Waals surface area (Å²) in [5, 5.41) is 6.21. The van der Waals surface area contributed by atoms with E-state index in [1.807, 2.05) is 0 Å². The second kappa shape index (κ2) is 5.20. The number of H-pyrrole nitrogens is 1. The maximum atomic E-state index is 12.3. The van der Waals surface area contributed by atoms with E-state index in [-0.39, 0.29) is 16.7 Å². The molecule has 9 heteroatoms. The zero-order valence-electron chi connectivity index (χ0n) is 10.3. The van der Waals surface area contributed by atoms with Crippen molar-refractivity contribution in [2.24, 2.45) is 0 Å². The predicted octanol–water partition coefficient (Wildman–Crippen LogP) is 2.82. The van der Waals surface area contributed by atoms with E-state index in [2.05, 4.69) is 15.2 Å². The molecule has 1 aromatic carbocycles. The monoisotopic (exact) mass is 306 g/mol. The van der Waals surface area contributed by atoms with Crippen LogP contribution in [-0.4, -0.2) is 28.5 Å². The lowest BCUT2D eigenvalue weighted by Crippen LogP contribution is -2.12. The van der Waals surface area contributed by atoms with Crippen LogP contribution in [0.2, 0.25) is 5.02 Å². The number of hydrogen-bond acceptors (Lipinski definition) is 4. The van der Waals surface area contributed by atoms with Gasteiger partial charge in [-0.2, -0.15) is 18.3 Å². The van der Waals surface area contributed by atoms with Gasteiger partial charge in [0.2, 0.25) is 0 Å². The van der Waals surface area contributed by atoms with Gasteiger partial charge in [0.25, 0.3) is 0 Å². The van der Waals surface area contributed by atoms with Gasteiger partial charge >= 0.3 is 6.18 Å². The Morgan fingerprint density at radius 2 is 2.10 bits per heavy atom. The summed E-state index contributed by atoms with van der Waals surface area (Å²) in [5.74, 6) is 0.0926. The second-order valence-corrected chi connectivity index (χ2v) is 4.38. The van der Waals surface area contributed by atoms with Crippen molar-refractivity contribution in [3.05, 3.63) is 23.0 Å². The number of rotatable bonds is 3. The fourth-order valence-corrected chi connectivity index (χ4v) is 1.76. The van der Waals surface area contributed by atoms with Crippen LogP contribution in [0.3, 0.4) is 0 Å². The lowest BCUT2D eigenvalue weighted by atomic mass is 10.1. The van der Waals surface area contributed by atoms with Gasteiger partial charge in [0.05, 0.1) is 23.4 Å². The van der Waals surface area contributed by atoms with Crippen molar-refractivity contribution in [3.8, 4) is 17.1 Å². The number of hydrogen-bond donors (Lipinski definition) is 2. The maximum Gasteiger partial charge on any atom is 0.396 e. The topological polar surface area (TPSA) is 76.8 Å². The van der Waals surface area contributed by atoms with E-state index in [0.717, 1.165) is 0 Å². The van der Waals surface area contributed by atoms with Crippen LogP contribution in [-0.2, 0) is 6.42 Å². The second-order valence-electron chi connectivity index (χ2n) is 3.97. The molecule has 0 aliphatic rings. The fourth-order valence-electron chi connectivity index (χ4n) is 1.60. The van der Waals surface area contributed by atoms with Crippen molar-refractivity contribution in [2.75, 3.05) is 12.8 Å². The van der Waals surface area contributed by atoms with Gasteiger partial charge in [-0.05, 0) is 6.07 Å². The van der Waals surface area contributed by atoms with E-state index < -0.39 is 12.6 Å². The number of alkyl halides is 3. The third-order valence-electron chi connectivity index (χ3n) is 2.46. The van der Waals surface area contributed by atoms with Crippen molar-refractivity contribution >= 4 is 17.3 Å². The van der Waals surface area contributed by atoms with Crippen LogP contribution in [0.25, 0.3) is 11.4 Å². The summed E-state index contributed by atoms with van der Waals surface area (Å²) in [7, 11) is 1.40. The number of benzene rings is 1. The third-order valence-corrected chi connectivity index (χ3v) is 2.79. The summed E-state index contributed by atoms with van der Waals surface area (Å²) in [5.41, 5.74) is 6.27. The molecular formula is C11H10ClF3N4O. The standard InChI is InChI=1S/C11H10ClF3N4O/c1-20-8-3-7(16)6(12)2-5(8)10-17-9(18-19-10)4-11(13,14)15/h2-3H,4,16H2,1H3,(H,17,18,19). The van der Waals surface area contributed by atoms with Crippen LogP contribution in [0.15, 0.2) is 12.1 Å². The number of nitrogens with one attached hydrogen (secondary N) is 1. The quantitative estimate of drug-likeness (QED) is 0.855. The number of aromatic nitrogens is 3. The van der Waals surface area contributed by atoms with Gasteiger partial charge in [0.1, 0.15) is 18.0 Å². The number of methoxy groups -OCH3 is 1. The number of aromatic amines is 1. The molecular weight excluding hydrogens is 297 g/mol. The lowest BCUT2D eigenvalue weighted by Gasteiger charge is -2.08. The fraction of sp³-hybridized carbons (Fsp3) is 0.273. The number of ether oxygens (including phenoxy) is 1. The maximum absolute atomic E-state index is 12.3. The molecule has 2 rings (SSSR count).